The molecule has 6 heteroatoms. The zero-order chi connectivity index (χ0) is 13.8. The van der Waals surface area contributed by atoms with Crippen molar-refractivity contribution in [1.29, 1.82) is 0 Å². The maximum atomic E-state index is 10.7. The molecule has 1 aromatic heterocycles. The first-order valence-electron chi connectivity index (χ1n) is 5.66. The number of carboxylic acids is 1. The van der Waals surface area contributed by atoms with Gasteiger partial charge in [-0.15, -0.1) is 0 Å². The summed E-state index contributed by atoms with van der Waals surface area (Å²) in [5.41, 5.74) is 1.89. The Labute approximate surface area is 110 Å². The zero-order valence-corrected chi connectivity index (χ0v) is 10.6. The fraction of sp³-hybridized carbons (Fsp3) is 0.231. The number of benzene rings is 1. The van der Waals surface area contributed by atoms with Gasteiger partial charge >= 0.3 is 5.97 Å². The van der Waals surface area contributed by atoms with Crippen LogP contribution < -0.4 is 10.1 Å². The zero-order valence-electron chi connectivity index (χ0n) is 10.6. The van der Waals surface area contributed by atoms with Crippen molar-refractivity contribution in [2.45, 2.75) is 13.5 Å². The van der Waals surface area contributed by atoms with E-state index in [1.807, 2.05) is 25.1 Å². The number of rotatable bonds is 5. The number of hydrogen-bond acceptors (Lipinski definition) is 5. The summed E-state index contributed by atoms with van der Waals surface area (Å²) in [5.74, 6) is -0.295. The van der Waals surface area contributed by atoms with Crippen LogP contribution in [0.25, 0.3) is 0 Å². The second kappa shape index (κ2) is 5.43. The highest BCUT2D eigenvalue weighted by Gasteiger charge is 2.11. The van der Waals surface area contributed by atoms with Gasteiger partial charge in [-0.25, -0.2) is 9.78 Å². The van der Waals surface area contributed by atoms with E-state index in [0.29, 0.717) is 11.6 Å². The number of aryl methyl sites for hydroxylation is 1. The molecule has 0 aliphatic rings. The number of nitrogens with one attached hydrogen (secondary N) is 1. The van der Waals surface area contributed by atoms with Gasteiger partial charge in [-0.2, -0.15) is 0 Å². The Morgan fingerprint density at radius 2 is 2.32 bits per heavy atom. The molecule has 0 amide bonds. The van der Waals surface area contributed by atoms with Crippen LogP contribution in [0.15, 0.2) is 28.8 Å². The predicted octanol–water partition coefficient (Wildman–Crippen LogP) is 2.30. The summed E-state index contributed by atoms with van der Waals surface area (Å²) >= 11 is 0. The molecule has 19 heavy (non-hydrogen) atoms. The molecule has 100 valence electrons. The van der Waals surface area contributed by atoms with Crippen LogP contribution in [-0.2, 0) is 6.54 Å². The first-order valence-corrected chi connectivity index (χ1v) is 5.66. The predicted molar refractivity (Wildman–Crippen MR) is 68.5 cm³/mol. The maximum absolute atomic E-state index is 10.7. The van der Waals surface area contributed by atoms with Crippen molar-refractivity contribution >= 4 is 11.7 Å². The maximum Gasteiger partial charge on any atom is 0.373 e. The molecule has 0 unspecified atom stereocenters. The van der Waals surface area contributed by atoms with E-state index in [0.717, 1.165) is 11.3 Å². The number of nitrogens with zero attached hydrogens (tertiary/aromatic N) is 1. The highest BCUT2D eigenvalue weighted by molar-refractivity contribution is 5.83. The van der Waals surface area contributed by atoms with Gasteiger partial charge in [-0.1, -0.05) is 6.07 Å². The van der Waals surface area contributed by atoms with Gasteiger partial charge < -0.3 is 19.6 Å². The third kappa shape index (κ3) is 3.04. The Bertz CT molecular complexity index is 592. The third-order valence-electron chi connectivity index (χ3n) is 2.55. The van der Waals surface area contributed by atoms with E-state index in [4.69, 9.17) is 14.3 Å². The largest absolute Gasteiger partial charge is 0.495 e. The summed E-state index contributed by atoms with van der Waals surface area (Å²) in [4.78, 5) is 14.5. The molecule has 0 radical (unpaired) electrons. The van der Waals surface area contributed by atoms with E-state index in [-0.39, 0.29) is 12.3 Å². The van der Waals surface area contributed by atoms with E-state index in [9.17, 15) is 4.79 Å². The van der Waals surface area contributed by atoms with Crippen molar-refractivity contribution < 1.29 is 19.1 Å². The van der Waals surface area contributed by atoms with Crippen LogP contribution in [0.2, 0.25) is 0 Å². The highest BCUT2D eigenvalue weighted by atomic mass is 16.5. The fourth-order valence-electron chi connectivity index (χ4n) is 1.62. The molecule has 2 N–H and O–H groups in total. The molecule has 2 aromatic rings. The normalized spacial score (nSPS) is 10.2. The smallest absolute Gasteiger partial charge is 0.373 e. The summed E-state index contributed by atoms with van der Waals surface area (Å²) in [5, 5.41) is 11.8. The Morgan fingerprint density at radius 1 is 1.53 bits per heavy atom. The molecule has 0 spiro atoms. The number of carbonyl (C=O) groups is 1. The highest BCUT2D eigenvalue weighted by Crippen LogP contribution is 2.25. The average Bonchev–Trinajstić information content (AvgIpc) is 2.85. The number of aromatic carboxylic acids is 1. The van der Waals surface area contributed by atoms with Crippen molar-refractivity contribution in [1.82, 2.24) is 4.98 Å². The van der Waals surface area contributed by atoms with Gasteiger partial charge in [0.15, 0.2) is 0 Å². The lowest BCUT2D eigenvalue weighted by Crippen LogP contribution is -2.02. The first-order chi connectivity index (χ1) is 9.10. The third-order valence-corrected chi connectivity index (χ3v) is 2.55. The topological polar surface area (TPSA) is 84.6 Å². The molecular formula is C13H14N2O4. The van der Waals surface area contributed by atoms with Crippen molar-refractivity contribution in [2.24, 2.45) is 0 Å². The summed E-state index contributed by atoms with van der Waals surface area (Å²) in [6.07, 6.45) is 1.19. The van der Waals surface area contributed by atoms with Gasteiger partial charge in [-0.3, -0.25) is 0 Å². The Hall–Kier alpha value is -2.50. The molecule has 0 fully saturated rings. The minimum absolute atomic E-state index is 0.173. The van der Waals surface area contributed by atoms with Crippen LogP contribution >= 0.6 is 0 Å². The van der Waals surface area contributed by atoms with Gasteiger partial charge in [0.05, 0.1) is 25.5 Å². The number of aromatic nitrogens is 1. The van der Waals surface area contributed by atoms with Gasteiger partial charge in [-0.05, 0) is 24.6 Å². The monoisotopic (exact) mass is 262 g/mol. The Balaban J connectivity index is 2.09. The molecule has 0 bridgehead atoms. The summed E-state index contributed by atoms with van der Waals surface area (Å²) < 4.78 is 10.3. The van der Waals surface area contributed by atoms with E-state index in [2.05, 4.69) is 10.3 Å². The van der Waals surface area contributed by atoms with Gasteiger partial charge in [0.25, 0.3) is 0 Å². The number of carboxylic acid groups (broad SMARTS) is 1. The minimum atomic E-state index is -1.13. The fourth-order valence-corrected chi connectivity index (χ4v) is 1.62. The lowest BCUT2D eigenvalue weighted by Gasteiger charge is -2.10. The van der Waals surface area contributed by atoms with Crippen LogP contribution in [-0.4, -0.2) is 23.2 Å². The number of methoxy groups -OCH3 is 1. The Kier molecular flexibility index (Phi) is 3.70. The SMILES string of the molecule is COc1ccc(C)cc1NCc1ncc(C(=O)O)o1. The standard InChI is InChI=1S/C13H14N2O4/c1-8-3-4-10(18-2)9(5-8)14-7-12-15-6-11(19-12)13(16)17/h3-6,14H,7H2,1-2H3,(H,16,17). The second-order valence-corrected chi connectivity index (χ2v) is 3.98. The molecule has 0 saturated heterocycles. The van der Waals surface area contributed by atoms with Crippen LogP contribution in [0.5, 0.6) is 5.75 Å². The van der Waals surface area contributed by atoms with Gasteiger partial charge in [0.1, 0.15) is 5.75 Å². The number of ether oxygens (including phenoxy) is 1. The molecule has 1 aromatic carbocycles. The minimum Gasteiger partial charge on any atom is -0.495 e. The molecule has 2 rings (SSSR count). The van der Waals surface area contributed by atoms with E-state index in [1.165, 1.54) is 6.20 Å². The molecule has 6 nitrogen and oxygen atoms in total. The van der Waals surface area contributed by atoms with Crippen LogP contribution in [0.3, 0.4) is 0 Å². The van der Waals surface area contributed by atoms with E-state index < -0.39 is 5.97 Å². The molecule has 0 atom stereocenters. The first kappa shape index (κ1) is 12.9. The van der Waals surface area contributed by atoms with Crippen molar-refractivity contribution in [3.63, 3.8) is 0 Å². The number of oxazole rings is 1. The van der Waals surface area contributed by atoms with Crippen molar-refractivity contribution in [3.05, 3.63) is 41.6 Å². The number of anilines is 1. The van der Waals surface area contributed by atoms with Crippen LogP contribution in [0, 0.1) is 6.92 Å². The van der Waals surface area contributed by atoms with Crippen molar-refractivity contribution in [2.75, 3.05) is 12.4 Å². The average molecular weight is 262 g/mol. The van der Waals surface area contributed by atoms with E-state index >= 15 is 0 Å². The lowest BCUT2D eigenvalue weighted by molar-refractivity contribution is 0.0660. The van der Waals surface area contributed by atoms with E-state index in [1.54, 1.807) is 7.11 Å². The summed E-state index contributed by atoms with van der Waals surface area (Å²) in [6, 6.07) is 5.73. The molecule has 1 heterocycles. The van der Waals surface area contributed by atoms with Crippen LogP contribution in [0.4, 0.5) is 5.69 Å². The van der Waals surface area contributed by atoms with Crippen LogP contribution in [0.1, 0.15) is 22.0 Å². The van der Waals surface area contributed by atoms with Crippen molar-refractivity contribution in [3.8, 4) is 5.75 Å². The lowest BCUT2D eigenvalue weighted by atomic mass is 10.2. The molecule has 0 saturated carbocycles. The number of hydrogen-bond donors (Lipinski definition) is 2. The van der Waals surface area contributed by atoms with Gasteiger partial charge in [0.2, 0.25) is 11.7 Å². The molecule has 0 aliphatic heterocycles. The quantitative estimate of drug-likeness (QED) is 0.860. The molecule has 0 aliphatic carbocycles. The summed E-state index contributed by atoms with van der Waals surface area (Å²) in [7, 11) is 1.59. The van der Waals surface area contributed by atoms with Gasteiger partial charge in [0, 0.05) is 0 Å². The Morgan fingerprint density at radius 3 is 2.95 bits per heavy atom. The second-order valence-electron chi connectivity index (χ2n) is 3.98. The molecular weight excluding hydrogens is 248 g/mol. The summed E-state index contributed by atoms with van der Waals surface area (Å²) in [6.45, 7) is 2.26.